The first kappa shape index (κ1) is 33.3. The lowest BCUT2D eigenvalue weighted by molar-refractivity contribution is 0.661. The fourth-order valence-electron chi connectivity index (χ4n) is 8.42. The molecule has 4 heterocycles. The first-order chi connectivity index (χ1) is 28.0. The fourth-order valence-corrected chi connectivity index (χ4v) is 9.34. The summed E-state index contributed by atoms with van der Waals surface area (Å²) in [5, 5.41) is 4.56. The maximum absolute atomic E-state index is 5.22. The molecule has 6 nitrogen and oxygen atoms in total. The Bertz CT molecular complexity index is 3090. The molecule has 0 amide bonds. The third-order valence-corrected chi connectivity index (χ3v) is 12.3. The van der Waals surface area contributed by atoms with Crippen LogP contribution >= 0.6 is 11.3 Å². The van der Waals surface area contributed by atoms with Crippen molar-refractivity contribution in [1.29, 1.82) is 0 Å². The molecule has 0 bridgehead atoms. The van der Waals surface area contributed by atoms with E-state index in [1.54, 1.807) is 23.7 Å². The highest BCUT2D eigenvalue weighted by Gasteiger charge is 2.36. The molecule has 0 aliphatic heterocycles. The molecule has 57 heavy (non-hydrogen) atoms. The number of hydrogen-bond donors (Lipinski definition) is 0. The molecule has 11 rings (SSSR count). The molecule has 0 fully saturated rings. The van der Waals surface area contributed by atoms with E-state index < -0.39 is 0 Å². The molecule has 6 aromatic carbocycles. The molecular weight excluding hydrogens is 717 g/mol. The van der Waals surface area contributed by atoms with E-state index in [0.717, 1.165) is 55.3 Å². The molecule has 0 radical (unpaired) electrons. The summed E-state index contributed by atoms with van der Waals surface area (Å²) in [6.07, 6.45) is 5.24. The van der Waals surface area contributed by atoms with Gasteiger partial charge in [-0.1, -0.05) is 123 Å². The van der Waals surface area contributed by atoms with Crippen molar-refractivity contribution in [3.8, 4) is 72.7 Å². The number of nitrogens with zero attached hydrogens (tertiary/aromatic N) is 6. The van der Waals surface area contributed by atoms with Gasteiger partial charge in [-0.2, -0.15) is 9.97 Å². The second kappa shape index (κ2) is 13.0. The van der Waals surface area contributed by atoms with Crippen molar-refractivity contribution in [3.05, 3.63) is 181 Å². The Morgan fingerprint density at radius 3 is 1.96 bits per heavy atom. The molecule has 0 unspecified atom stereocenters. The highest BCUT2D eigenvalue weighted by molar-refractivity contribution is 7.14. The van der Waals surface area contributed by atoms with Crippen LogP contribution in [0.1, 0.15) is 25.0 Å². The Morgan fingerprint density at radius 2 is 1.21 bits per heavy atom. The highest BCUT2D eigenvalue weighted by Crippen LogP contribution is 2.51. The van der Waals surface area contributed by atoms with Crippen molar-refractivity contribution in [2.45, 2.75) is 19.3 Å². The molecule has 0 saturated carbocycles. The zero-order chi connectivity index (χ0) is 38.1. The predicted molar refractivity (Wildman–Crippen MR) is 232 cm³/mol. The van der Waals surface area contributed by atoms with Crippen molar-refractivity contribution >= 4 is 33.1 Å². The van der Waals surface area contributed by atoms with Gasteiger partial charge in [0.2, 0.25) is 5.95 Å². The first-order valence-corrected chi connectivity index (χ1v) is 19.9. The topological polar surface area (TPSA) is 69.4 Å². The second-order valence-corrected chi connectivity index (χ2v) is 15.9. The Balaban J connectivity index is 1.13. The fraction of sp³-hybridized carbons (Fsp3) is 0.0600. The average Bonchev–Trinajstić information content (AvgIpc) is 3.95. The molecule has 0 N–H and O–H groups in total. The van der Waals surface area contributed by atoms with Gasteiger partial charge >= 0.3 is 0 Å². The average molecular weight is 751 g/mol. The molecule has 10 aromatic rings. The summed E-state index contributed by atoms with van der Waals surface area (Å²) in [5.41, 5.74) is 14.4. The van der Waals surface area contributed by atoms with E-state index in [-0.39, 0.29) is 5.41 Å². The predicted octanol–water partition coefficient (Wildman–Crippen LogP) is 12.5. The molecule has 1 aliphatic carbocycles. The first-order valence-electron chi connectivity index (χ1n) is 19.1. The molecule has 7 heteroatoms. The molecule has 4 aromatic heterocycles. The van der Waals surface area contributed by atoms with E-state index in [1.165, 1.54) is 32.7 Å². The van der Waals surface area contributed by atoms with Crippen molar-refractivity contribution < 1.29 is 0 Å². The van der Waals surface area contributed by atoms with Crippen LogP contribution in [0.25, 0.3) is 94.5 Å². The number of fused-ring (bicyclic) bond motifs is 6. The lowest BCUT2D eigenvalue weighted by Crippen LogP contribution is -2.15. The van der Waals surface area contributed by atoms with Crippen LogP contribution < -0.4 is 0 Å². The van der Waals surface area contributed by atoms with Gasteiger partial charge in [-0.15, -0.1) is 11.3 Å². The zero-order valence-electron chi connectivity index (χ0n) is 31.3. The van der Waals surface area contributed by atoms with Crippen LogP contribution in [-0.2, 0) is 5.41 Å². The van der Waals surface area contributed by atoms with Crippen molar-refractivity contribution in [1.82, 2.24) is 29.5 Å². The molecular formula is C50H34N6S. The maximum atomic E-state index is 5.22. The van der Waals surface area contributed by atoms with Crippen LogP contribution in [0.15, 0.2) is 170 Å². The van der Waals surface area contributed by atoms with E-state index in [9.17, 15) is 0 Å². The Morgan fingerprint density at radius 1 is 0.509 bits per heavy atom. The van der Waals surface area contributed by atoms with Crippen LogP contribution in [0.5, 0.6) is 0 Å². The van der Waals surface area contributed by atoms with E-state index in [1.807, 2.05) is 42.6 Å². The van der Waals surface area contributed by atoms with Crippen LogP contribution in [0, 0.1) is 0 Å². The van der Waals surface area contributed by atoms with Crippen LogP contribution in [-0.4, -0.2) is 29.5 Å². The molecule has 270 valence electrons. The largest absolute Gasteiger partial charge is 0.278 e. The highest BCUT2D eigenvalue weighted by atomic mass is 32.1. The normalized spacial score (nSPS) is 12.9. The van der Waals surface area contributed by atoms with Crippen LogP contribution in [0.3, 0.4) is 0 Å². The van der Waals surface area contributed by atoms with Gasteiger partial charge in [-0.3, -0.25) is 14.5 Å². The Labute approximate surface area is 333 Å². The maximum Gasteiger partial charge on any atom is 0.238 e. The van der Waals surface area contributed by atoms with Gasteiger partial charge in [-0.25, -0.2) is 4.98 Å². The second-order valence-electron chi connectivity index (χ2n) is 15.0. The Kier molecular flexibility index (Phi) is 7.59. The minimum absolute atomic E-state index is 0.173. The van der Waals surface area contributed by atoms with Crippen molar-refractivity contribution in [3.63, 3.8) is 0 Å². The number of aromatic nitrogens is 6. The zero-order valence-corrected chi connectivity index (χ0v) is 32.1. The van der Waals surface area contributed by atoms with E-state index in [4.69, 9.17) is 15.0 Å². The minimum Gasteiger partial charge on any atom is -0.278 e. The summed E-state index contributed by atoms with van der Waals surface area (Å²) < 4.78 is 2.24. The van der Waals surface area contributed by atoms with E-state index in [0.29, 0.717) is 17.6 Å². The third kappa shape index (κ3) is 5.50. The molecule has 0 saturated heterocycles. The summed E-state index contributed by atoms with van der Waals surface area (Å²) in [6.45, 7) is 4.66. The molecule has 1 aliphatic rings. The molecule has 0 atom stereocenters. The van der Waals surface area contributed by atoms with Gasteiger partial charge in [0, 0.05) is 50.1 Å². The minimum atomic E-state index is -0.173. The quantitative estimate of drug-likeness (QED) is 0.169. The molecule has 0 spiro atoms. The van der Waals surface area contributed by atoms with Crippen molar-refractivity contribution in [2.24, 2.45) is 0 Å². The monoisotopic (exact) mass is 750 g/mol. The summed E-state index contributed by atoms with van der Waals surface area (Å²) >= 11 is 1.75. The SMILES string of the molecule is CC1(C)c2ccccc2-c2cc3c4cc(-c5csc(-c6cccc(-c7cnccn7)c6)c5)ccc4n(-c4nc(-c5ccccc5)nc(-c5ccccc5)n4)c3cc21. The smallest absolute Gasteiger partial charge is 0.238 e. The van der Waals surface area contributed by atoms with Gasteiger partial charge in [-0.05, 0) is 80.7 Å². The summed E-state index contributed by atoms with van der Waals surface area (Å²) in [4.78, 5) is 25.5. The summed E-state index contributed by atoms with van der Waals surface area (Å²) in [5.74, 6) is 1.85. The van der Waals surface area contributed by atoms with Gasteiger partial charge in [0.05, 0.1) is 22.9 Å². The number of hydrogen-bond acceptors (Lipinski definition) is 6. The summed E-state index contributed by atoms with van der Waals surface area (Å²) in [6, 6.07) is 51.6. The van der Waals surface area contributed by atoms with Gasteiger partial charge in [0.15, 0.2) is 11.6 Å². The van der Waals surface area contributed by atoms with E-state index >= 15 is 0 Å². The van der Waals surface area contributed by atoms with Crippen LogP contribution in [0.2, 0.25) is 0 Å². The standard InChI is InChI=1S/C50H34N6S/c1-50(2)41-19-10-9-18-37(41)38-27-40-39-25-33(36-26-46(57-30-36)35-17-11-16-34(24-35)43-29-51-22-23-52-43)20-21-44(39)56(45(40)28-42(38)50)49-54-47(31-12-5-3-6-13-31)53-48(55-49)32-14-7-4-8-15-32/h3-30H,1-2H3. The lowest BCUT2D eigenvalue weighted by Gasteiger charge is -2.21. The van der Waals surface area contributed by atoms with Crippen LogP contribution in [0.4, 0.5) is 0 Å². The van der Waals surface area contributed by atoms with Gasteiger partial charge < -0.3 is 0 Å². The van der Waals surface area contributed by atoms with Gasteiger partial charge in [0.25, 0.3) is 0 Å². The van der Waals surface area contributed by atoms with Crippen molar-refractivity contribution in [2.75, 3.05) is 0 Å². The summed E-state index contributed by atoms with van der Waals surface area (Å²) in [7, 11) is 0. The number of benzene rings is 6. The van der Waals surface area contributed by atoms with E-state index in [2.05, 4.69) is 143 Å². The third-order valence-electron chi connectivity index (χ3n) is 11.3. The lowest BCUT2D eigenvalue weighted by atomic mass is 9.82. The number of rotatable bonds is 6. The number of thiophene rings is 1. The Hall–Kier alpha value is -7.09. The van der Waals surface area contributed by atoms with Gasteiger partial charge in [0.1, 0.15) is 0 Å².